The molecule has 5 heteroatoms. The van der Waals surface area contributed by atoms with Gasteiger partial charge in [0.15, 0.2) is 5.84 Å². The summed E-state index contributed by atoms with van der Waals surface area (Å²) in [5.74, 6) is 5.40. The number of hydrazone groups is 1. The number of nitrogens with zero attached hydrogens (tertiary/aromatic N) is 1. The number of nitrogens with two attached hydrogens (primary N) is 2. The van der Waals surface area contributed by atoms with Crippen molar-refractivity contribution >= 4 is 11.5 Å². The summed E-state index contributed by atoms with van der Waals surface area (Å²) in [6.07, 6.45) is 0. The fraction of sp³-hybridized carbons (Fsp3) is 0.222. The van der Waals surface area contributed by atoms with Gasteiger partial charge in [-0.15, -0.1) is 5.10 Å². The van der Waals surface area contributed by atoms with Gasteiger partial charge in [0.1, 0.15) is 0 Å². The van der Waals surface area contributed by atoms with E-state index >= 15 is 0 Å². The molecule has 6 N–H and O–H groups in total. The zero-order valence-corrected chi connectivity index (χ0v) is 8.33. The number of hydrazine groups is 1. The van der Waals surface area contributed by atoms with Crippen molar-refractivity contribution in [2.75, 3.05) is 12.4 Å². The number of nitrogens with one attached hydrogen (secondary N) is 2. The minimum Gasteiger partial charge on any atom is -0.388 e. The Hall–Kier alpha value is -1.75. The lowest BCUT2D eigenvalue weighted by Crippen LogP contribution is -2.23. The summed E-state index contributed by atoms with van der Waals surface area (Å²) in [7, 11) is 1.86. The van der Waals surface area contributed by atoms with E-state index in [9.17, 15) is 0 Å². The summed E-state index contributed by atoms with van der Waals surface area (Å²) in [5, 5.41) is 6.76. The van der Waals surface area contributed by atoms with Gasteiger partial charge in [-0.25, -0.2) is 11.4 Å². The van der Waals surface area contributed by atoms with Crippen molar-refractivity contribution in [2.45, 2.75) is 6.92 Å². The summed E-state index contributed by atoms with van der Waals surface area (Å²) < 4.78 is 0. The highest BCUT2D eigenvalue weighted by molar-refractivity contribution is 5.98. The molecule has 0 aliphatic heterocycles. The van der Waals surface area contributed by atoms with Crippen LogP contribution in [0.3, 0.4) is 0 Å². The molecule has 0 saturated carbocycles. The quantitative estimate of drug-likeness (QED) is 0.237. The Kier molecular flexibility index (Phi) is 3.30. The van der Waals surface area contributed by atoms with E-state index in [1.165, 1.54) is 0 Å². The van der Waals surface area contributed by atoms with Crippen LogP contribution in [0.15, 0.2) is 23.3 Å². The Balaban J connectivity index is 3.06. The van der Waals surface area contributed by atoms with E-state index in [-0.39, 0.29) is 0 Å². The highest BCUT2D eigenvalue weighted by Crippen LogP contribution is 2.15. The van der Waals surface area contributed by atoms with E-state index in [0.717, 1.165) is 16.8 Å². The summed E-state index contributed by atoms with van der Waals surface area (Å²) in [6, 6.07) is 5.79. The van der Waals surface area contributed by atoms with E-state index in [4.69, 9.17) is 11.6 Å². The minimum absolute atomic E-state index is 0.365. The zero-order chi connectivity index (χ0) is 10.6. The second-order valence-electron chi connectivity index (χ2n) is 2.91. The maximum absolute atomic E-state index is 5.66. The first-order valence-corrected chi connectivity index (χ1v) is 4.26. The van der Waals surface area contributed by atoms with Crippen LogP contribution in [0.1, 0.15) is 11.1 Å². The summed E-state index contributed by atoms with van der Waals surface area (Å²) in [4.78, 5) is 0. The highest BCUT2D eigenvalue weighted by Gasteiger charge is 2.01. The average Bonchev–Trinajstić information content (AvgIpc) is 2.19. The number of benzene rings is 1. The van der Waals surface area contributed by atoms with Crippen LogP contribution >= 0.6 is 0 Å². The van der Waals surface area contributed by atoms with Crippen LogP contribution in [0.2, 0.25) is 0 Å². The molecule has 1 aromatic rings. The van der Waals surface area contributed by atoms with Crippen molar-refractivity contribution < 1.29 is 0 Å². The third kappa shape index (κ3) is 2.14. The smallest absolute Gasteiger partial charge is 0.152 e. The van der Waals surface area contributed by atoms with Crippen molar-refractivity contribution in [1.82, 2.24) is 5.53 Å². The van der Waals surface area contributed by atoms with Gasteiger partial charge in [0, 0.05) is 18.3 Å². The molecule has 0 bridgehead atoms. The van der Waals surface area contributed by atoms with Crippen molar-refractivity contribution in [1.29, 1.82) is 0 Å². The largest absolute Gasteiger partial charge is 0.388 e. The highest BCUT2D eigenvalue weighted by atomic mass is 15.5. The molecule has 0 atom stereocenters. The molecule has 0 heterocycles. The zero-order valence-electron chi connectivity index (χ0n) is 8.33. The van der Waals surface area contributed by atoms with Crippen molar-refractivity contribution in [3.8, 4) is 0 Å². The van der Waals surface area contributed by atoms with Crippen molar-refractivity contribution in [3.63, 3.8) is 0 Å². The van der Waals surface area contributed by atoms with E-state index in [2.05, 4.69) is 16.0 Å². The fourth-order valence-corrected chi connectivity index (χ4v) is 1.18. The van der Waals surface area contributed by atoms with Crippen LogP contribution in [0.25, 0.3) is 0 Å². The number of anilines is 1. The Morgan fingerprint density at radius 1 is 1.43 bits per heavy atom. The van der Waals surface area contributed by atoms with Crippen LogP contribution in [0.4, 0.5) is 5.69 Å². The predicted octanol–water partition coefficient (Wildman–Crippen LogP) is 0.120. The van der Waals surface area contributed by atoms with Gasteiger partial charge in [0.05, 0.1) is 0 Å². The first-order chi connectivity index (χ1) is 6.69. The molecule has 0 aliphatic carbocycles. The van der Waals surface area contributed by atoms with Crippen LogP contribution < -0.4 is 22.4 Å². The molecular weight excluding hydrogens is 178 g/mol. The van der Waals surface area contributed by atoms with Gasteiger partial charge in [0.2, 0.25) is 0 Å². The second kappa shape index (κ2) is 4.48. The number of rotatable bonds is 3. The topological polar surface area (TPSA) is 88.5 Å². The first kappa shape index (κ1) is 10.3. The number of amidine groups is 1. The van der Waals surface area contributed by atoms with Gasteiger partial charge < -0.3 is 11.1 Å². The Labute approximate surface area is 83.1 Å². The van der Waals surface area contributed by atoms with Gasteiger partial charge in [0.25, 0.3) is 0 Å². The van der Waals surface area contributed by atoms with Gasteiger partial charge in [-0.05, 0) is 18.6 Å². The third-order valence-electron chi connectivity index (χ3n) is 1.99. The minimum atomic E-state index is 0.365. The molecule has 0 radical (unpaired) electrons. The lowest BCUT2D eigenvalue weighted by Gasteiger charge is -2.07. The lowest BCUT2D eigenvalue weighted by atomic mass is 10.1. The lowest BCUT2D eigenvalue weighted by molar-refractivity contribution is 0.804. The maximum atomic E-state index is 5.66. The van der Waals surface area contributed by atoms with Crippen LogP contribution in [0.5, 0.6) is 0 Å². The molecule has 5 nitrogen and oxygen atoms in total. The molecular formula is C9H15N5. The molecule has 14 heavy (non-hydrogen) atoms. The molecule has 76 valence electrons. The molecule has 0 fully saturated rings. The average molecular weight is 193 g/mol. The maximum Gasteiger partial charge on any atom is 0.152 e. The Morgan fingerprint density at radius 3 is 2.71 bits per heavy atom. The second-order valence-corrected chi connectivity index (χ2v) is 2.91. The molecule has 0 aromatic heterocycles. The Morgan fingerprint density at radius 2 is 2.14 bits per heavy atom. The van der Waals surface area contributed by atoms with Gasteiger partial charge in [-0.1, -0.05) is 12.1 Å². The summed E-state index contributed by atoms with van der Waals surface area (Å²) in [6.45, 7) is 2.02. The van der Waals surface area contributed by atoms with E-state index in [1.807, 2.05) is 32.2 Å². The van der Waals surface area contributed by atoms with Crippen molar-refractivity contribution in [2.24, 2.45) is 16.7 Å². The van der Waals surface area contributed by atoms with Gasteiger partial charge in [-0.3, -0.25) is 0 Å². The van der Waals surface area contributed by atoms with Crippen LogP contribution in [-0.4, -0.2) is 12.9 Å². The normalized spacial score (nSPS) is 11.2. The number of hydrogen-bond acceptors (Lipinski definition) is 4. The molecule has 1 rings (SSSR count). The van der Waals surface area contributed by atoms with Crippen LogP contribution in [-0.2, 0) is 0 Å². The Bertz CT molecular complexity index is 345. The van der Waals surface area contributed by atoms with Crippen molar-refractivity contribution in [3.05, 3.63) is 29.3 Å². The van der Waals surface area contributed by atoms with E-state index in [1.54, 1.807) is 0 Å². The molecule has 0 spiro atoms. The molecule has 1 aromatic carbocycles. The number of aryl methyl sites for hydroxylation is 1. The predicted molar refractivity (Wildman–Crippen MR) is 58.8 cm³/mol. The van der Waals surface area contributed by atoms with Gasteiger partial charge >= 0.3 is 0 Å². The number of hydrogen-bond donors (Lipinski definition) is 4. The standard InChI is InChI=1S/C9H15N5/c1-6-3-4-7(5-8(6)12-2)9(10)13-14-11/h3-5,12,14H,11H2,1-2H3,(H2,10,13). The summed E-state index contributed by atoms with van der Waals surface area (Å²) in [5.41, 5.74) is 10.8. The monoisotopic (exact) mass is 193 g/mol. The van der Waals surface area contributed by atoms with Gasteiger partial charge in [-0.2, -0.15) is 0 Å². The van der Waals surface area contributed by atoms with E-state index < -0.39 is 0 Å². The van der Waals surface area contributed by atoms with Crippen LogP contribution in [0, 0.1) is 6.92 Å². The fourth-order valence-electron chi connectivity index (χ4n) is 1.18. The molecule has 0 aliphatic rings. The SMILES string of the molecule is CNc1cc(/C(N)=N/NN)ccc1C. The molecule has 0 unspecified atom stereocenters. The third-order valence-corrected chi connectivity index (χ3v) is 1.99. The van der Waals surface area contributed by atoms with E-state index in [0.29, 0.717) is 5.84 Å². The first-order valence-electron chi connectivity index (χ1n) is 4.26. The molecule has 0 amide bonds. The molecule has 0 saturated heterocycles. The summed E-state index contributed by atoms with van der Waals surface area (Å²) >= 11 is 0.